The molecule has 6 nitrogen and oxygen atoms in total. The number of anilines is 1. The van der Waals surface area contributed by atoms with Crippen molar-refractivity contribution in [3.63, 3.8) is 0 Å². The van der Waals surface area contributed by atoms with Gasteiger partial charge < -0.3 is 10.0 Å². The fourth-order valence-electron chi connectivity index (χ4n) is 1.87. The predicted molar refractivity (Wildman–Crippen MR) is 61.5 cm³/mol. The first-order valence-electron chi connectivity index (χ1n) is 5.26. The zero-order valence-electron chi connectivity index (χ0n) is 9.29. The second-order valence-electron chi connectivity index (χ2n) is 4.08. The van der Waals surface area contributed by atoms with Crippen molar-refractivity contribution in [2.45, 2.75) is 18.9 Å². The van der Waals surface area contributed by atoms with Crippen molar-refractivity contribution >= 4 is 17.3 Å². The van der Waals surface area contributed by atoms with Gasteiger partial charge in [0.1, 0.15) is 5.69 Å². The third-order valence-electron chi connectivity index (χ3n) is 2.89. The third-order valence-corrected chi connectivity index (χ3v) is 2.89. The lowest BCUT2D eigenvalue weighted by atomic mass is 10.1. The number of hydrogen-bond acceptors (Lipinski definition) is 4. The number of carboxylic acid groups (broad SMARTS) is 1. The van der Waals surface area contributed by atoms with Gasteiger partial charge in [0, 0.05) is 19.2 Å². The van der Waals surface area contributed by atoms with Gasteiger partial charge in [0.25, 0.3) is 5.69 Å². The van der Waals surface area contributed by atoms with Crippen LogP contribution in [0.25, 0.3) is 0 Å². The first kappa shape index (κ1) is 11.4. The van der Waals surface area contributed by atoms with Crippen LogP contribution < -0.4 is 4.90 Å². The summed E-state index contributed by atoms with van der Waals surface area (Å²) in [6, 6.07) is 4.34. The summed E-state index contributed by atoms with van der Waals surface area (Å²) in [6.45, 7) is 0. The van der Waals surface area contributed by atoms with Gasteiger partial charge in [-0.15, -0.1) is 0 Å². The SMILES string of the molecule is CN(c1c(C(=O)O)cccc1[N+](=O)[O-])C1CC1. The van der Waals surface area contributed by atoms with Crippen molar-refractivity contribution in [2.24, 2.45) is 0 Å². The molecule has 0 heterocycles. The van der Waals surface area contributed by atoms with E-state index in [0.29, 0.717) is 0 Å². The highest BCUT2D eigenvalue weighted by atomic mass is 16.6. The molecule has 0 bridgehead atoms. The molecule has 0 saturated heterocycles. The van der Waals surface area contributed by atoms with E-state index in [2.05, 4.69) is 0 Å². The molecule has 0 aliphatic heterocycles. The quantitative estimate of drug-likeness (QED) is 0.637. The maximum absolute atomic E-state index is 11.1. The van der Waals surface area contributed by atoms with Crippen LogP contribution in [0.3, 0.4) is 0 Å². The third kappa shape index (κ3) is 2.06. The van der Waals surface area contributed by atoms with Gasteiger partial charge in [0.15, 0.2) is 0 Å². The molecule has 0 amide bonds. The number of rotatable bonds is 4. The lowest BCUT2D eigenvalue weighted by molar-refractivity contribution is -0.384. The largest absolute Gasteiger partial charge is 0.478 e. The molecule has 1 fully saturated rings. The lowest BCUT2D eigenvalue weighted by Crippen LogP contribution is -2.23. The number of aromatic carboxylic acids is 1. The summed E-state index contributed by atoms with van der Waals surface area (Å²) in [6.07, 6.45) is 1.89. The minimum atomic E-state index is -1.14. The van der Waals surface area contributed by atoms with E-state index in [1.807, 2.05) is 0 Å². The van der Waals surface area contributed by atoms with Gasteiger partial charge in [-0.1, -0.05) is 6.07 Å². The molecule has 1 aliphatic carbocycles. The summed E-state index contributed by atoms with van der Waals surface area (Å²) in [5.74, 6) is -1.14. The van der Waals surface area contributed by atoms with Gasteiger partial charge in [-0.3, -0.25) is 10.1 Å². The van der Waals surface area contributed by atoms with Crippen molar-refractivity contribution in [3.05, 3.63) is 33.9 Å². The molecule has 90 valence electrons. The standard InChI is InChI=1S/C11H12N2O4/c1-12(7-5-6-7)10-8(11(14)15)3-2-4-9(10)13(16)17/h2-4,7H,5-6H2,1H3,(H,14,15). The van der Waals surface area contributed by atoms with E-state index in [-0.39, 0.29) is 23.0 Å². The molecule has 0 unspecified atom stereocenters. The first-order chi connectivity index (χ1) is 8.02. The fourth-order valence-corrected chi connectivity index (χ4v) is 1.87. The van der Waals surface area contributed by atoms with E-state index >= 15 is 0 Å². The molecule has 1 aromatic carbocycles. The molecular weight excluding hydrogens is 224 g/mol. The number of carbonyl (C=O) groups is 1. The molecule has 0 radical (unpaired) electrons. The number of benzene rings is 1. The lowest BCUT2D eigenvalue weighted by Gasteiger charge is -2.20. The maximum Gasteiger partial charge on any atom is 0.338 e. The van der Waals surface area contributed by atoms with Crippen molar-refractivity contribution in [2.75, 3.05) is 11.9 Å². The maximum atomic E-state index is 11.1. The van der Waals surface area contributed by atoms with Crippen molar-refractivity contribution < 1.29 is 14.8 Å². The van der Waals surface area contributed by atoms with E-state index in [1.165, 1.54) is 18.2 Å². The van der Waals surface area contributed by atoms with E-state index in [9.17, 15) is 14.9 Å². The normalized spacial score (nSPS) is 14.4. The summed E-state index contributed by atoms with van der Waals surface area (Å²) >= 11 is 0. The highest BCUT2D eigenvalue weighted by Crippen LogP contribution is 2.38. The summed E-state index contributed by atoms with van der Waals surface area (Å²) < 4.78 is 0. The van der Waals surface area contributed by atoms with Crippen LogP contribution in [0.1, 0.15) is 23.2 Å². The van der Waals surface area contributed by atoms with Crippen LogP contribution in [0, 0.1) is 10.1 Å². The van der Waals surface area contributed by atoms with Crippen LogP contribution in [-0.2, 0) is 0 Å². The Hall–Kier alpha value is -2.11. The van der Waals surface area contributed by atoms with Crippen molar-refractivity contribution in [3.8, 4) is 0 Å². The molecule has 1 aliphatic rings. The van der Waals surface area contributed by atoms with Gasteiger partial charge in [0.2, 0.25) is 0 Å². The Morgan fingerprint density at radius 2 is 2.18 bits per heavy atom. The molecule has 2 rings (SSSR count). The zero-order valence-corrected chi connectivity index (χ0v) is 9.29. The molecule has 0 atom stereocenters. The molecule has 0 spiro atoms. The molecule has 0 aromatic heterocycles. The number of hydrogen-bond donors (Lipinski definition) is 1. The number of nitro groups is 1. The highest BCUT2D eigenvalue weighted by Gasteiger charge is 2.33. The zero-order chi connectivity index (χ0) is 12.6. The summed E-state index contributed by atoms with van der Waals surface area (Å²) in [5, 5.41) is 20.0. The molecule has 1 saturated carbocycles. The van der Waals surface area contributed by atoms with Crippen LogP contribution >= 0.6 is 0 Å². The molecule has 1 aromatic rings. The van der Waals surface area contributed by atoms with Crippen LogP contribution in [0.2, 0.25) is 0 Å². The Morgan fingerprint density at radius 1 is 1.53 bits per heavy atom. The first-order valence-corrected chi connectivity index (χ1v) is 5.26. The Kier molecular flexibility index (Phi) is 2.71. The number of nitrogens with zero attached hydrogens (tertiary/aromatic N) is 2. The van der Waals surface area contributed by atoms with Crippen LogP contribution in [0.4, 0.5) is 11.4 Å². The predicted octanol–water partition coefficient (Wildman–Crippen LogP) is 1.89. The molecular formula is C11H12N2O4. The minimum absolute atomic E-state index is 0.0198. The smallest absolute Gasteiger partial charge is 0.338 e. The number of nitro benzene ring substituents is 1. The Labute approximate surface area is 97.6 Å². The van der Waals surface area contributed by atoms with E-state index in [0.717, 1.165) is 12.8 Å². The Balaban J connectivity index is 2.56. The average Bonchev–Trinajstić information content (AvgIpc) is 3.10. The minimum Gasteiger partial charge on any atom is -0.478 e. The monoisotopic (exact) mass is 236 g/mol. The van der Waals surface area contributed by atoms with Gasteiger partial charge in [0.05, 0.1) is 10.5 Å². The van der Waals surface area contributed by atoms with Gasteiger partial charge >= 0.3 is 5.97 Å². The van der Waals surface area contributed by atoms with Crippen molar-refractivity contribution in [1.29, 1.82) is 0 Å². The van der Waals surface area contributed by atoms with E-state index in [1.54, 1.807) is 11.9 Å². The van der Waals surface area contributed by atoms with Gasteiger partial charge in [-0.2, -0.15) is 0 Å². The molecule has 1 N–H and O–H groups in total. The van der Waals surface area contributed by atoms with E-state index < -0.39 is 10.9 Å². The van der Waals surface area contributed by atoms with Crippen LogP contribution in [0.15, 0.2) is 18.2 Å². The Morgan fingerprint density at radius 3 is 2.65 bits per heavy atom. The van der Waals surface area contributed by atoms with Crippen LogP contribution in [-0.4, -0.2) is 29.1 Å². The van der Waals surface area contributed by atoms with Crippen molar-refractivity contribution in [1.82, 2.24) is 0 Å². The van der Waals surface area contributed by atoms with Crippen LogP contribution in [0.5, 0.6) is 0 Å². The van der Waals surface area contributed by atoms with E-state index in [4.69, 9.17) is 5.11 Å². The number of para-hydroxylation sites is 1. The van der Waals surface area contributed by atoms with Gasteiger partial charge in [-0.05, 0) is 18.9 Å². The number of carboxylic acids is 1. The second-order valence-corrected chi connectivity index (χ2v) is 4.08. The summed E-state index contributed by atoms with van der Waals surface area (Å²) in [7, 11) is 1.70. The second kappa shape index (κ2) is 4.04. The average molecular weight is 236 g/mol. The fraction of sp³-hybridized carbons (Fsp3) is 0.364. The highest BCUT2D eigenvalue weighted by molar-refractivity contribution is 5.97. The molecule has 17 heavy (non-hydrogen) atoms. The summed E-state index contributed by atoms with van der Waals surface area (Å²) in [4.78, 5) is 23.2. The molecule has 6 heteroatoms. The van der Waals surface area contributed by atoms with Gasteiger partial charge in [-0.25, -0.2) is 4.79 Å². The topological polar surface area (TPSA) is 83.7 Å². The Bertz CT molecular complexity index is 450. The summed E-state index contributed by atoms with van der Waals surface area (Å²) in [5.41, 5.74) is 0.0281.